The first-order valence-corrected chi connectivity index (χ1v) is 11.5. The molecule has 0 aliphatic heterocycles. The smallest absolute Gasteiger partial charge is 0.244 e. The van der Waals surface area contributed by atoms with Crippen LogP contribution < -0.4 is 14.8 Å². The SMILES string of the molecule is CCOc1cc2occ(-c3ccc(OC)cc3)c2cc1/C(C)=C/C(=O)NCCc1ccc(F)cc1. The van der Waals surface area contributed by atoms with E-state index in [9.17, 15) is 9.18 Å². The third-order valence-electron chi connectivity index (χ3n) is 5.78. The fourth-order valence-electron chi connectivity index (χ4n) is 3.94. The van der Waals surface area contributed by atoms with E-state index in [0.717, 1.165) is 39.0 Å². The number of allylic oxidation sites excluding steroid dienone is 1. The van der Waals surface area contributed by atoms with E-state index in [1.165, 1.54) is 12.1 Å². The largest absolute Gasteiger partial charge is 0.497 e. The van der Waals surface area contributed by atoms with Crippen LogP contribution in [-0.4, -0.2) is 26.2 Å². The number of carbonyl (C=O) groups excluding carboxylic acids is 1. The lowest BCUT2D eigenvalue weighted by atomic mass is 9.99. The maximum Gasteiger partial charge on any atom is 0.244 e. The number of ether oxygens (including phenoxy) is 2. The van der Waals surface area contributed by atoms with Gasteiger partial charge in [0.2, 0.25) is 5.91 Å². The lowest BCUT2D eigenvalue weighted by Gasteiger charge is -2.12. The Morgan fingerprint density at radius 2 is 1.83 bits per heavy atom. The molecule has 5 nitrogen and oxygen atoms in total. The average molecular weight is 474 g/mol. The Bertz CT molecular complexity index is 1340. The lowest BCUT2D eigenvalue weighted by Crippen LogP contribution is -2.23. The van der Waals surface area contributed by atoms with Crippen LogP contribution in [0, 0.1) is 5.82 Å². The van der Waals surface area contributed by atoms with E-state index in [-0.39, 0.29) is 11.7 Å². The van der Waals surface area contributed by atoms with Gasteiger partial charge in [-0.1, -0.05) is 24.3 Å². The van der Waals surface area contributed by atoms with Crippen LogP contribution >= 0.6 is 0 Å². The zero-order valence-corrected chi connectivity index (χ0v) is 20.1. The van der Waals surface area contributed by atoms with Gasteiger partial charge in [-0.15, -0.1) is 0 Å². The van der Waals surface area contributed by atoms with E-state index in [4.69, 9.17) is 13.9 Å². The van der Waals surface area contributed by atoms with Crippen molar-refractivity contribution in [2.45, 2.75) is 20.3 Å². The molecule has 0 aliphatic rings. The molecule has 1 aromatic heterocycles. The van der Waals surface area contributed by atoms with Gasteiger partial charge in [0.25, 0.3) is 0 Å². The van der Waals surface area contributed by atoms with Gasteiger partial charge < -0.3 is 19.2 Å². The molecule has 1 heterocycles. The highest BCUT2D eigenvalue weighted by Crippen LogP contribution is 2.37. The molecule has 4 rings (SSSR count). The molecule has 0 saturated carbocycles. The van der Waals surface area contributed by atoms with Crippen LogP contribution in [0.25, 0.3) is 27.7 Å². The highest BCUT2D eigenvalue weighted by Gasteiger charge is 2.15. The minimum atomic E-state index is -0.272. The third-order valence-corrected chi connectivity index (χ3v) is 5.78. The maximum atomic E-state index is 13.1. The van der Waals surface area contributed by atoms with Crippen molar-refractivity contribution in [2.75, 3.05) is 20.3 Å². The Hall–Kier alpha value is -4.06. The van der Waals surface area contributed by atoms with E-state index in [2.05, 4.69) is 5.32 Å². The number of benzene rings is 3. The molecule has 6 heteroatoms. The highest BCUT2D eigenvalue weighted by molar-refractivity contribution is 6.00. The van der Waals surface area contributed by atoms with Crippen LogP contribution in [0.2, 0.25) is 0 Å². The van der Waals surface area contributed by atoms with Gasteiger partial charge in [-0.25, -0.2) is 4.39 Å². The molecule has 4 aromatic rings. The van der Waals surface area contributed by atoms with Crippen LogP contribution in [0.4, 0.5) is 4.39 Å². The fraction of sp³-hybridized carbons (Fsp3) is 0.207. The molecule has 0 fully saturated rings. The number of carbonyl (C=O) groups is 1. The second-order valence-electron chi connectivity index (χ2n) is 8.15. The zero-order chi connectivity index (χ0) is 24.8. The molecule has 35 heavy (non-hydrogen) atoms. The van der Waals surface area contributed by atoms with Crippen LogP contribution in [-0.2, 0) is 11.2 Å². The molecule has 3 aromatic carbocycles. The number of fused-ring (bicyclic) bond motifs is 1. The summed E-state index contributed by atoms with van der Waals surface area (Å²) in [4.78, 5) is 12.6. The van der Waals surface area contributed by atoms with Crippen molar-refractivity contribution in [1.29, 1.82) is 0 Å². The second kappa shape index (κ2) is 10.9. The molecule has 180 valence electrons. The van der Waals surface area contributed by atoms with Crippen molar-refractivity contribution in [2.24, 2.45) is 0 Å². The summed E-state index contributed by atoms with van der Waals surface area (Å²) < 4.78 is 30.0. The number of furan rings is 1. The molecule has 0 spiro atoms. The standard InChI is InChI=1S/C29H28FNO4/c1-4-34-27-17-28-25(26(18-35-28)21-7-11-23(33-3)12-8-21)16-24(27)19(2)15-29(32)31-14-13-20-5-9-22(30)10-6-20/h5-12,15-18H,4,13-14H2,1-3H3,(H,31,32)/b19-15+. The summed E-state index contributed by atoms with van der Waals surface area (Å²) in [5.41, 5.74) is 5.21. The molecule has 0 saturated heterocycles. The Kier molecular flexibility index (Phi) is 7.51. The number of nitrogens with one attached hydrogen (secondary N) is 1. The van der Waals surface area contributed by atoms with Gasteiger partial charge in [-0.2, -0.15) is 0 Å². The van der Waals surface area contributed by atoms with Gasteiger partial charge in [-0.05, 0) is 67.3 Å². The molecule has 0 atom stereocenters. The van der Waals surface area contributed by atoms with E-state index in [1.54, 1.807) is 31.6 Å². The minimum absolute atomic E-state index is 0.199. The van der Waals surface area contributed by atoms with E-state index in [1.807, 2.05) is 50.2 Å². The van der Waals surface area contributed by atoms with Crippen LogP contribution in [0.15, 0.2) is 77.4 Å². The first kappa shape index (κ1) is 24.1. The van der Waals surface area contributed by atoms with Gasteiger partial charge in [0.15, 0.2) is 0 Å². The van der Waals surface area contributed by atoms with Gasteiger partial charge in [-0.3, -0.25) is 4.79 Å². The molecule has 0 bridgehead atoms. The minimum Gasteiger partial charge on any atom is -0.497 e. The molecule has 0 unspecified atom stereocenters. The number of hydrogen-bond acceptors (Lipinski definition) is 4. The summed E-state index contributed by atoms with van der Waals surface area (Å²) in [6, 6.07) is 17.9. The van der Waals surface area contributed by atoms with Crippen molar-refractivity contribution >= 4 is 22.4 Å². The lowest BCUT2D eigenvalue weighted by molar-refractivity contribution is -0.116. The topological polar surface area (TPSA) is 60.7 Å². The molecule has 1 amide bonds. The van der Waals surface area contributed by atoms with E-state index < -0.39 is 0 Å². The number of hydrogen-bond donors (Lipinski definition) is 1. The first-order valence-electron chi connectivity index (χ1n) is 11.5. The van der Waals surface area contributed by atoms with E-state index >= 15 is 0 Å². The van der Waals surface area contributed by atoms with Crippen LogP contribution in [0.5, 0.6) is 11.5 Å². The van der Waals surface area contributed by atoms with Crippen molar-refractivity contribution in [1.82, 2.24) is 5.32 Å². The van der Waals surface area contributed by atoms with Crippen molar-refractivity contribution in [3.8, 4) is 22.6 Å². The number of amides is 1. The fourth-order valence-corrected chi connectivity index (χ4v) is 3.94. The molecular weight excluding hydrogens is 445 g/mol. The zero-order valence-electron chi connectivity index (χ0n) is 20.1. The Balaban J connectivity index is 1.57. The van der Waals surface area contributed by atoms with Gasteiger partial charge in [0, 0.05) is 35.2 Å². The maximum absolute atomic E-state index is 13.1. The van der Waals surface area contributed by atoms with Gasteiger partial charge in [0.1, 0.15) is 22.9 Å². The average Bonchev–Trinajstić information content (AvgIpc) is 3.28. The van der Waals surface area contributed by atoms with Crippen molar-refractivity contribution in [3.63, 3.8) is 0 Å². The Morgan fingerprint density at radius 3 is 2.51 bits per heavy atom. The summed E-state index contributed by atoms with van der Waals surface area (Å²) in [5, 5.41) is 3.83. The number of rotatable bonds is 9. The highest BCUT2D eigenvalue weighted by atomic mass is 19.1. The first-order chi connectivity index (χ1) is 17.0. The summed E-state index contributed by atoms with van der Waals surface area (Å²) in [5.74, 6) is 0.967. The monoisotopic (exact) mass is 473 g/mol. The molecule has 1 N–H and O–H groups in total. The van der Waals surface area contributed by atoms with Gasteiger partial charge >= 0.3 is 0 Å². The summed E-state index contributed by atoms with van der Waals surface area (Å²) >= 11 is 0. The predicted molar refractivity (Wildman–Crippen MR) is 136 cm³/mol. The van der Waals surface area contributed by atoms with Crippen LogP contribution in [0.1, 0.15) is 25.0 Å². The van der Waals surface area contributed by atoms with E-state index in [0.29, 0.717) is 30.9 Å². The molecule has 0 aliphatic carbocycles. The Morgan fingerprint density at radius 1 is 1.09 bits per heavy atom. The molecular formula is C29H28FNO4. The van der Waals surface area contributed by atoms with Gasteiger partial charge in [0.05, 0.1) is 20.0 Å². The number of methoxy groups -OCH3 is 1. The quantitative estimate of drug-likeness (QED) is 0.286. The Labute approximate surface area is 204 Å². The predicted octanol–water partition coefficient (Wildman–Crippen LogP) is 6.41. The van der Waals surface area contributed by atoms with Crippen molar-refractivity contribution in [3.05, 3.63) is 89.9 Å². The summed E-state index contributed by atoms with van der Waals surface area (Å²) in [6.07, 6.45) is 3.92. The molecule has 0 radical (unpaired) electrons. The van der Waals surface area contributed by atoms with Crippen LogP contribution in [0.3, 0.4) is 0 Å². The second-order valence-corrected chi connectivity index (χ2v) is 8.15. The van der Waals surface area contributed by atoms with Crippen molar-refractivity contribution < 1.29 is 23.1 Å². The normalized spacial score (nSPS) is 11.5. The summed E-state index contributed by atoms with van der Waals surface area (Å²) in [6.45, 7) is 4.74. The third kappa shape index (κ3) is 5.72. The summed E-state index contributed by atoms with van der Waals surface area (Å²) in [7, 11) is 1.64. The number of halogens is 1.